The fourth-order valence-corrected chi connectivity index (χ4v) is 1.89. The van der Waals surface area contributed by atoms with Crippen LogP contribution in [-0.2, 0) is 6.54 Å². The van der Waals surface area contributed by atoms with Crippen LogP contribution < -0.4 is 5.32 Å². The molecular weight excluding hydrogens is 275 g/mol. The third-order valence-corrected chi connectivity index (χ3v) is 3.02. The Balaban J connectivity index is 2.05. The molecule has 0 atom stereocenters. The smallest absolute Gasteiger partial charge is 0.272 e. The van der Waals surface area contributed by atoms with Crippen molar-refractivity contribution in [2.45, 2.75) is 13.5 Å². The van der Waals surface area contributed by atoms with Crippen LogP contribution in [-0.4, -0.2) is 10.8 Å². The van der Waals surface area contributed by atoms with Gasteiger partial charge in [-0.3, -0.25) is 14.9 Å². The molecule has 0 aromatic heterocycles. The van der Waals surface area contributed by atoms with Crippen molar-refractivity contribution in [1.82, 2.24) is 5.32 Å². The van der Waals surface area contributed by atoms with Gasteiger partial charge >= 0.3 is 0 Å². The van der Waals surface area contributed by atoms with Crippen LogP contribution >= 0.6 is 0 Å². The Bertz CT molecular complexity index is 684. The van der Waals surface area contributed by atoms with E-state index in [1.54, 1.807) is 19.1 Å². The SMILES string of the molecule is Cc1cc(C(=O)NCc2ccc(F)cc2)ccc1[N+](=O)[O-]. The molecular formula is C15H13FN2O3. The van der Waals surface area contributed by atoms with Gasteiger partial charge in [0, 0.05) is 23.7 Å². The van der Waals surface area contributed by atoms with Crippen molar-refractivity contribution in [2.75, 3.05) is 0 Å². The molecule has 6 heteroatoms. The van der Waals surface area contributed by atoms with Gasteiger partial charge in [-0.2, -0.15) is 0 Å². The van der Waals surface area contributed by atoms with Gasteiger partial charge < -0.3 is 5.32 Å². The molecule has 0 aliphatic carbocycles. The minimum atomic E-state index is -0.491. The Morgan fingerprint density at radius 1 is 1.24 bits per heavy atom. The number of nitrogens with one attached hydrogen (secondary N) is 1. The molecule has 108 valence electrons. The second-order valence-electron chi connectivity index (χ2n) is 4.57. The predicted molar refractivity (Wildman–Crippen MR) is 75.4 cm³/mol. The molecule has 5 nitrogen and oxygen atoms in total. The van der Waals surface area contributed by atoms with Gasteiger partial charge in [-0.15, -0.1) is 0 Å². The van der Waals surface area contributed by atoms with Crippen LogP contribution in [0.1, 0.15) is 21.5 Å². The third-order valence-electron chi connectivity index (χ3n) is 3.02. The first-order chi connectivity index (χ1) is 9.97. The molecule has 0 saturated heterocycles. The van der Waals surface area contributed by atoms with E-state index < -0.39 is 4.92 Å². The predicted octanol–water partition coefficient (Wildman–Crippen LogP) is 2.97. The van der Waals surface area contributed by atoms with E-state index in [1.807, 2.05) is 0 Å². The van der Waals surface area contributed by atoms with Gasteiger partial charge in [0.05, 0.1) is 4.92 Å². The standard InChI is InChI=1S/C15H13FN2O3/c1-10-8-12(4-7-14(10)18(20)21)15(19)17-9-11-2-5-13(16)6-3-11/h2-8H,9H2,1H3,(H,17,19). The van der Waals surface area contributed by atoms with Crippen LogP contribution in [0.25, 0.3) is 0 Å². The summed E-state index contributed by atoms with van der Waals surface area (Å²) in [5, 5.41) is 13.4. The fourth-order valence-electron chi connectivity index (χ4n) is 1.89. The molecule has 0 unspecified atom stereocenters. The summed E-state index contributed by atoms with van der Waals surface area (Å²) >= 11 is 0. The fraction of sp³-hybridized carbons (Fsp3) is 0.133. The van der Waals surface area contributed by atoms with E-state index in [4.69, 9.17) is 0 Å². The number of halogens is 1. The monoisotopic (exact) mass is 288 g/mol. The van der Waals surface area contributed by atoms with Crippen molar-refractivity contribution in [3.63, 3.8) is 0 Å². The molecule has 0 fully saturated rings. The number of benzene rings is 2. The van der Waals surface area contributed by atoms with Crippen LogP contribution in [0.5, 0.6) is 0 Å². The normalized spacial score (nSPS) is 10.2. The number of nitro groups is 1. The quantitative estimate of drug-likeness (QED) is 0.694. The summed E-state index contributed by atoms with van der Waals surface area (Å²) < 4.78 is 12.8. The first-order valence-corrected chi connectivity index (χ1v) is 6.25. The zero-order valence-corrected chi connectivity index (χ0v) is 11.3. The largest absolute Gasteiger partial charge is 0.348 e. The minimum absolute atomic E-state index is 0.0231. The van der Waals surface area contributed by atoms with Gasteiger partial charge in [-0.25, -0.2) is 4.39 Å². The lowest BCUT2D eigenvalue weighted by Crippen LogP contribution is -2.22. The average molecular weight is 288 g/mol. The van der Waals surface area contributed by atoms with Gasteiger partial charge in [0.1, 0.15) is 5.82 Å². The van der Waals surface area contributed by atoms with E-state index in [9.17, 15) is 19.3 Å². The Morgan fingerprint density at radius 3 is 2.48 bits per heavy atom. The number of hydrogen-bond acceptors (Lipinski definition) is 3. The summed E-state index contributed by atoms with van der Waals surface area (Å²) in [6.45, 7) is 1.84. The highest BCUT2D eigenvalue weighted by molar-refractivity contribution is 5.94. The summed E-state index contributed by atoms with van der Waals surface area (Å²) in [6.07, 6.45) is 0. The number of rotatable bonds is 4. The summed E-state index contributed by atoms with van der Waals surface area (Å²) in [4.78, 5) is 22.2. The molecule has 0 radical (unpaired) electrons. The van der Waals surface area contributed by atoms with E-state index in [2.05, 4.69) is 5.32 Å². The van der Waals surface area contributed by atoms with Crippen molar-refractivity contribution in [3.05, 3.63) is 75.1 Å². The highest BCUT2D eigenvalue weighted by Crippen LogP contribution is 2.18. The third kappa shape index (κ3) is 3.62. The van der Waals surface area contributed by atoms with Gasteiger partial charge in [-0.05, 0) is 36.8 Å². The highest BCUT2D eigenvalue weighted by atomic mass is 19.1. The molecule has 1 amide bonds. The first-order valence-electron chi connectivity index (χ1n) is 6.25. The number of hydrogen-bond donors (Lipinski definition) is 1. The van der Waals surface area contributed by atoms with Crippen LogP contribution in [0.15, 0.2) is 42.5 Å². The molecule has 2 rings (SSSR count). The summed E-state index contributed by atoms with van der Waals surface area (Å²) in [5.74, 6) is -0.673. The number of nitro benzene ring substituents is 1. The Kier molecular flexibility index (Phi) is 4.27. The lowest BCUT2D eigenvalue weighted by molar-refractivity contribution is -0.385. The Hall–Kier alpha value is -2.76. The van der Waals surface area contributed by atoms with Crippen molar-refractivity contribution in [1.29, 1.82) is 0 Å². The van der Waals surface area contributed by atoms with Crippen LogP contribution in [0.2, 0.25) is 0 Å². The molecule has 21 heavy (non-hydrogen) atoms. The van der Waals surface area contributed by atoms with E-state index >= 15 is 0 Å². The molecule has 1 N–H and O–H groups in total. The molecule has 0 heterocycles. The second kappa shape index (κ2) is 6.13. The summed E-state index contributed by atoms with van der Waals surface area (Å²) in [7, 11) is 0. The lowest BCUT2D eigenvalue weighted by Gasteiger charge is -2.06. The molecule has 0 bridgehead atoms. The molecule has 0 aliphatic heterocycles. The zero-order chi connectivity index (χ0) is 15.4. The van der Waals surface area contributed by atoms with Crippen molar-refractivity contribution >= 4 is 11.6 Å². The highest BCUT2D eigenvalue weighted by Gasteiger charge is 2.13. The Morgan fingerprint density at radius 2 is 1.90 bits per heavy atom. The number of amides is 1. The number of carbonyl (C=O) groups excluding carboxylic acids is 1. The molecule has 0 aliphatic rings. The van der Waals surface area contributed by atoms with E-state index in [-0.39, 0.29) is 24.0 Å². The summed E-state index contributed by atoms with van der Waals surface area (Å²) in [5.41, 5.74) is 1.52. The van der Waals surface area contributed by atoms with E-state index in [0.29, 0.717) is 11.1 Å². The van der Waals surface area contributed by atoms with Crippen LogP contribution in [0.4, 0.5) is 10.1 Å². The maximum absolute atomic E-state index is 12.8. The minimum Gasteiger partial charge on any atom is -0.348 e. The Labute approximate surface area is 120 Å². The van der Waals surface area contributed by atoms with Crippen molar-refractivity contribution < 1.29 is 14.1 Å². The molecule has 2 aromatic rings. The van der Waals surface area contributed by atoms with Crippen molar-refractivity contribution in [2.24, 2.45) is 0 Å². The van der Waals surface area contributed by atoms with E-state index in [1.165, 1.54) is 30.3 Å². The number of aryl methyl sites for hydroxylation is 1. The number of nitrogens with zero attached hydrogens (tertiary/aromatic N) is 1. The first kappa shape index (κ1) is 14.6. The maximum atomic E-state index is 12.8. The molecule has 0 spiro atoms. The van der Waals surface area contributed by atoms with Gasteiger partial charge in [0.25, 0.3) is 11.6 Å². The average Bonchev–Trinajstić information content (AvgIpc) is 2.45. The molecule has 0 saturated carbocycles. The topological polar surface area (TPSA) is 72.2 Å². The van der Waals surface area contributed by atoms with Crippen LogP contribution in [0.3, 0.4) is 0 Å². The van der Waals surface area contributed by atoms with E-state index in [0.717, 1.165) is 5.56 Å². The lowest BCUT2D eigenvalue weighted by atomic mass is 10.1. The molecule has 2 aromatic carbocycles. The number of carbonyl (C=O) groups is 1. The van der Waals surface area contributed by atoms with Gasteiger partial charge in [-0.1, -0.05) is 12.1 Å². The maximum Gasteiger partial charge on any atom is 0.272 e. The zero-order valence-electron chi connectivity index (χ0n) is 11.3. The van der Waals surface area contributed by atoms with Crippen LogP contribution in [0, 0.1) is 22.9 Å². The van der Waals surface area contributed by atoms with Crippen molar-refractivity contribution in [3.8, 4) is 0 Å². The van der Waals surface area contributed by atoms with Gasteiger partial charge in [0.2, 0.25) is 0 Å². The second-order valence-corrected chi connectivity index (χ2v) is 4.57. The van der Waals surface area contributed by atoms with Gasteiger partial charge in [0.15, 0.2) is 0 Å². The summed E-state index contributed by atoms with van der Waals surface area (Å²) in [6, 6.07) is 9.98.